The highest BCUT2D eigenvalue weighted by atomic mass is 32.1. The van der Waals surface area contributed by atoms with E-state index in [0.29, 0.717) is 11.8 Å². The lowest BCUT2D eigenvalue weighted by Gasteiger charge is -1.91. The summed E-state index contributed by atoms with van der Waals surface area (Å²) >= 11 is 1.20. The maximum absolute atomic E-state index is 10.8. The highest BCUT2D eigenvalue weighted by molar-refractivity contribution is 7.20. The predicted molar refractivity (Wildman–Crippen MR) is 61.7 cm³/mol. The fraction of sp³-hybridized carbons (Fsp3) is 0. The van der Waals surface area contributed by atoms with Crippen molar-refractivity contribution in [1.29, 1.82) is 0 Å². The largest absolute Gasteiger partial charge is 0.477 e. The summed E-state index contributed by atoms with van der Waals surface area (Å²) in [6.45, 7) is 0. The molecule has 16 heavy (non-hydrogen) atoms. The van der Waals surface area contributed by atoms with E-state index in [0.717, 1.165) is 10.1 Å². The minimum Gasteiger partial charge on any atom is -0.477 e. The van der Waals surface area contributed by atoms with Crippen LogP contribution in [0.1, 0.15) is 15.2 Å². The van der Waals surface area contributed by atoms with Crippen LogP contribution in [0.5, 0.6) is 0 Å². The first kappa shape index (κ1) is 10.4. The topological polar surface area (TPSA) is 54.4 Å². The Morgan fingerprint density at radius 2 is 2.25 bits per heavy atom. The number of carboxylic acids is 1. The maximum atomic E-state index is 10.8. The van der Waals surface area contributed by atoms with Gasteiger partial charge in [0.25, 0.3) is 0 Å². The molecule has 1 heterocycles. The Labute approximate surface area is 95.3 Å². The quantitative estimate of drug-likeness (QED) is 0.603. The molecule has 0 unspecified atom stereocenters. The Balaban J connectivity index is 2.67. The van der Waals surface area contributed by atoms with Gasteiger partial charge in [-0.1, -0.05) is 12.0 Å². The van der Waals surface area contributed by atoms with E-state index in [2.05, 4.69) is 11.8 Å². The van der Waals surface area contributed by atoms with Crippen LogP contribution in [0, 0.1) is 11.8 Å². The Morgan fingerprint density at radius 1 is 1.44 bits per heavy atom. The van der Waals surface area contributed by atoms with Crippen LogP contribution in [-0.4, -0.2) is 17.4 Å². The van der Waals surface area contributed by atoms with Gasteiger partial charge in [-0.25, -0.2) is 4.79 Å². The van der Waals surface area contributed by atoms with Crippen molar-refractivity contribution in [3.63, 3.8) is 0 Å². The van der Waals surface area contributed by atoms with Crippen molar-refractivity contribution in [3.8, 4) is 11.8 Å². The summed E-state index contributed by atoms with van der Waals surface area (Å²) in [4.78, 5) is 21.3. The standard InChI is InChI=1S/C12H6O3S/c13-6-2-4-8-3-1-5-10-9(8)7-11(16-10)12(14)15/h1,3,5-7H,(H,14,15). The van der Waals surface area contributed by atoms with Crippen LogP contribution in [0.15, 0.2) is 24.3 Å². The van der Waals surface area contributed by atoms with E-state index in [1.165, 1.54) is 11.3 Å². The normalized spacial score (nSPS) is 9.50. The van der Waals surface area contributed by atoms with Crippen molar-refractivity contribution in [1.82, 2.24) is 0 Å². The number of hydrogen-bond acceptors (Lipinski definition) is 3. The number of thiophene rings is 1. The summed E-state index contributed by atoms with van der Waals surface area (Å²) in [7, 11) is 0. The molecule has 0 amide bonds. The zero-order valence-electron chi connectivity index (χ0n) is 8.06. The number of aldehydes is 1. The molecule has 0 saturated carbocycles. The van der Waals surface area contributed by atoms with E-state index >= 15 is 0 Å². The molecular weight excluding hydrogens is 224 g/mol. The van der Waals surface area contributed by atoms with Gasteiger partial charge in [0.05, 0.1) is 0 Å². The molecule has 78 valence electrons. The smallest absolute Gasteiger partial charge is 0.345 e. The molecule has 0 saturated heterocycles. The third kappa shape index (κ3) is 1.81. The van der Waals surface area contributed by atoms with Gasteiger partial charge in [-0.15, -0.1) is 11.3 Å². The Kier molecular flexibility index (Phi) is 2.71. The molecule has 0 aliphatic carbocycles. The number of fused-ring (bicyclic) bond motifs is 1. The molecule has 0 fully saturated rings. The van der Waals surface area contributed by atoms with Crippen molar-refractivity contribution < 1.29 is 14.7 Å². The molecule has 0 spiro atoms. The first-order chi connectivity index (χ1) is 7.72. The lowest BCUT2D eigenvalue weighted by molar-refractivity contribution is -0.103. The second-order valence-electron chi connectivity index (χ2n) is 3.02. The van der Waals surface area contributed by atoms with Gasteiger partial charge < -0.3 is 5.11 Å². The molecule has 0 aliphatic heterocycles. The summed E-state index contributed by atoms with van der Waals surface area (Å²) in [6, 6.07) is 6.96. The van der Waals surface area contributed by atoms with Gasteiger partial charge in [-0.2, -0.15) is 0 Å². The highest BCUT2D eigenvalue weighted by Gasteiger charge is 2.09. The van der Waals surface area contributed by atoms with Gasteiger partial charge in [0.15, 0.2) is 6.29 Å². The number of rotatable bonds is 1. The van der Waals surface area contributed by atoms with Crippen molar-refractivity contribution in [2.75, 3.05) is 0 Å². The predicted octanol–water partition coefficient (Wildman–Crippen LogP) is 2.15. The fourth-order valence-electron chi connectivity index (χ4n) is 1.38. The number of carbonyl (C=O) groups is 2. The fourth-order valence-corrected chi connectivity index (χ4v) is 2.31. The number of aromatic carboxylic acids is 1. The molecule has 0 aliphatic rings. The Hall–Kier alpha value is -2.12. The van der Waals surface area contributed by atoms with Gasteiger partial charge >= 0.3 is 5.97 Å². The Bertz CT molecular complexity index is 628. The van der Waals surface area contributed by atoms with Crippen LogP contribution in [0.25, 0.3) is 10.1 Å². The second-order valence-corrected chi connectivity index (χ2v) is 4.10. The molecule has 3 nitrogen and oxygen atoms in total. The van der Waals surface area contributed by atoms with Crippen molar-refractivity contribution in [2.45, 2.75) is 0 Å². The lowest BCUT2D eigenvalue weighted by Crippen LogP contribution is -1.89. The lowest BCUT2D eigenvalue weighted by atomic mass is 10.1. The van der Waals surface area contributed by atoms with E-state index in [4.69, 9.17) is 5.11 Å². The molecule has 1 aromatic carbocycles. The van der Waals surface area contributed by atoms with Gasteiger partial charge in [-0.3, -0.25) is 4.79 Å². The molecule has 4 heteroatoms. The third-order valence-electron chi connectivity index (χ3n) is 2.04. The first-order valence-corrected chi connectivity index (χ1v) is 5.25. The minimum atomic E-state index is -0.949. The summed E-state index contributed by atoms with van der Waals surface area (Å²) in [5.74, 6) is 4.06. The van der Waals surface area contributed by atoms with Crippen LogP contribution in [-0.2, 0) is 4.79 Å². The SMILES string of the molecule is O=CC#Cc1cccc2sc(C(=O)O)cc12. The molecule has 2 aromatic rings. The van der Waals surface area contributed by atoms with E-state index in [-0.39, 0.29) is 4.88 Å². The van der Waals surface area contributed by atoms with E-state index < -0.39 is 5.97 Å². The Morgan fingerprint density at radius 3 is 2.94 bits per heavy atom. The highest BCUT2D eigenvalue weighted by Crippen LogP contribution is 2.27. The van der Waals surface area contributed by atoms with Crippen LogP contribution in [0.4, 0.5) is 0 Å². The maximum Gasteiger partial charge on any atom is 0.345 e. The van der Waals surface area contributed by atoms with Gasteiger partial charge in [0.1, 0.15) is 4.88 Å². The van der Waals surface area contributed by atoms with E-state index in [1.807, 2.05) is 6.07 Å². The number of hydrogen-bond donors (Lipinski definition) is 1. The molecule has 1 aromatic heterocycles. The van der Waals surface area contributed by atoms with Crippen LogP contribution >= 0.6 is 11.3 Å². The minimum absolute atomic E-state index is 0.273. The number of carbonyl (C=O) groups excluding carboxylic acids is 1. The average Bonchev–Trinajstić information content (AvgIpc) is 2.70. The molecule has 2 rings (SSSR count). The van der Waals surface area contributed by atoms with Crippen LogP contribution in [0.3, 0.4) is 0 Å². The second kappa shape index (κ2) is 4.17. The number of benzene rings is 1. The molecule has 0 atom stereocenters. The van der Waals surface area contributed by atoms with Gasteiger partial charge in [0, 0.05) is 15.6 Å². The first-order valence-electron chi connectivity index (χ1n) is 4.43. The molecule has 0 radical (unpaired) electrons. The molecule has 1 N–H and O–H groups in total. The van der Waals surface area contributed by atoms with Crippen LogP contribution in [0.2, 0.25) is 0 Å². The summed E-state index contributed by atoms with van der Waals surface area (Å²) < 4.78 is 0.857. The third-order valence-corrected chi connectivity index (χ3v) is 3.13. The molecular formula is C12H6O3S. The van der Waals surface area contributed by atoms with Crippen molar-refractivity contribution in [2.24, 2.45) is 0 Å². The zero-order valence-corrected chi connectivity index (χ0v) is 8.88. The number of carboxylic acid groups (broad SMARTS) is 1. The monoisotopic (exact) mass is 230 g/mol. The summed E-state index contributed by atoms with van der Waals surface area (Å²) in [5.41, 5.74) is 0.674. The van der Waals surface area contributed by atoms with E-state index in [1.54, 1.807) is 18.2 Å². The van der Waals surface area contributed by atoms with Crippen molar-refractivity contribution >= 4 is 33.7 Å². The average molecular weight is 230 g/mol. The molecule has 0 bridgehead atoms. The summed E-state index contributed by atoms with van der Waals surface area (Å²) in [6.07, 6.45) is 0.517. The van der Waals surface area contributed by atoms with Gasteiger partial charge in [0.2, 0.25) is 0 Å². The van der Waals surface area contributed by atoms with Crippen LogP contribution < -0.4 is 0 Å². The van der Waals surface area contributed by atoms with Gasteiger partial charge in [-0.05, 0) is 24.1 Å². The zero-order chi connectivity index (χ0) is 11.5. The van der Waals surface area contributed by atoms with E-state index in [9.17, 15) is 9.59 Å². The summed E-state index contributed by atoms with van der Waals surface area (Å²) in [5, 5.41) is 9.65. The van der Waals surface area contributed by atoms with Crippen molar-refractivity contribution in [3.05, 3.63) is 34.7 Å².